The van der Waals surface area contributed by atoms with E-state index in [1.165, 1.54) is 6.20 Å². The molecule has 1 atom stereocenters. The molecular formula is C16H17ClN6O2. The standard InChI is InChI=1S/C16H17ClN6O2/c1-9(4-6-25-10-7-11(17)13(18)20-8-10)21-16(24)15-22-12-3-2-5-19-14(12)23-15/h2-3,5,7-9H,4,6H2,1H3,(H2,18,20)(H,21,24)(H,19,22,23)/t9-/m0/s1. The van der Waals surface area contributed by atoms with Gasteiger partial charge in [-0.25, -0.2) is 15.0 Å². The zero-order chi connectivity index (χ0) is 17.8. The quantitative estimate of drug-likeness (QED) is 0.619. The van der Waals surface area contributed by atoms with Crippen LogP contribution in [0.1, 0.15) is 24.0 Å². The van der Waals surface area contributed by atoms with Crippen LogP contribution in [0.2, 0.25) is 5.02 Å². The van der Waals surface area contributed by atoms with Crippen molar-refractivity contribution in [3.8, 4) is 5.75 Å². The van der Waals surface area contributed by atoms with Crippen LogP contribution in [0.4, 0.5) is 5.82 Å². The number of halogens is 1. The first-order chi connectivity index (χ1) is 12.0. The van der Waals surface area contributed by atoms with E-state index in [-0.39, 0.29) is 23.6 Å². The zero-order valence-corrected chi connectivity index (χ0v) is 14.2. The Labute approximate surface area is 148 Å². The smallest absolute Gasteiger partial charge is 0.287 e. The lowest BCUT2D eigenvalue weighted by atomic mass is 10.2. The summed E-state index contributed by atoms with van der Waals surface area (Å²) in [6, 6.07) is 5.09. The lowest BCUT2D eigenvalue weighted by Gasteiger charge is -2.13. The number of nitrogens with zero attached hydrogens (tertiary/aromatic N) is 3. The summed E-state index contributed by atoms with van der Waals surface area (Å²) in [6.45, 7) is 2.28. The number of H-pyrrole nitrogens is 1. The van der Waals surface area contributed by atoms with Crippen molar-refractivity contribution in [1.29, 1.82) is 0 Å². The number of aromatic amines is 1. The molecule has 1 amide bonds. The first-order valence-corrected chi connectivity index (χ1v) is 8.06. The van der Waals surface area contributed by atoms with E-state index in [1.807, 2.05) is 13.0 Å². The molecule has 0 aliphatic carbocycles. The summed E-state index contributed by atoms with van der Waals surface area (Å²) in [5.74, 6) is 0.731. The monoisotopic (exact) mass is 360 g/mol. The first-order valence-electron chi connectivity index (χ1n) is 7.68. The third-order valence-electron chi connectivity index (χ3n) is 3.51. The van der Waals surface area contributed by atoms with Crippen LogP contribution in [-0.4, -0.2) is 38.5 Å². The highest BCUT2D eigenvalue weighted by molar-refractivity contribution is 6.32. The van der Waals surface area contributed by atoms with Crippen molar-refractivity contribution < 1.29 is 9.53 Å². The van der Waals surface area contributed by atoms with Crippen LogP contribution in [0.5, 0.6) is 5.75 Å². The number of aromatic nitrogens is 4. The molecule has 3 heterocycles. The van der Waals surface area contributed by atoms with Gasteiger partial charge in [0.2, 0.25) is 0 Å². The predicted molar refractivity (Wildman–Crippen MR) is 94.6 cm³/mol. The van der Waals surface area contributed by atoms with Gasteiger partial charge in [0.15, 0.2) is 11.5 Å². The zero-order valence-electron chi connectivity index (χ0n) is 13.5. The molecule has 0 saturated heterocycles. The van der Waals surface area contributed by atoms with Crippen molar-refractivity contribution in [1.82, 2.24) is 25.3 Å². The fourth-order valence-electron chi connectivity index (χ4n) is 2.18. The highest BCUT2D eigenvalue weighted by Gasteiger charge is 2.14. The minimum Gasteiger partial charge on any atom is -0.492 e. The number of carbonyl (C=O) groups excluding carboxylic acids is 1. The van der Waals surface area contributed by atoms with Gasteiger partial charge in [-0.3, -0.25) is 4.79 Å². The molecule has 25 heavy (non-hydrogen) atoms. The Morgan fingerprint density at radius 3 is 3.08 bits per heavy atom. The number of nitrogen functional groups attached to an aromatic ring is 1. The van der Waals surface area contributed by atoms with Crippen molar-refractivity contribution >= 4 is 34.5 Å². The molecule has 9 heteroatoms. The highest BCUT2D eigenvalue weighted by Crippen LogP contribution is 2.21. The Bertz CT molecular complexity index is 864. The Hall–Kier alpha value is -2.87. The average Bonchev–Trinajstić information content (AvgIpc) is 3.02. The predicted octanol–water partition coefficient (Wildman–Crippen LogP) is 2.18. The van der Waals surface area contributed by atoms with Gasteiger partial charge in [-0.05, 0) is 19.1 Å². The van der Waals surface area contributed by atoms with E-state index >= 15 is 0 Å². The Balaban J connectivity index is 1.50. The molecule has 0 bridgehead atoms. The number of nitrogens with one attached hydrogen (secondary N) is 2. The number of carbonyl (C=O) groups is 1. The van der Waals surface area contributed by atoms with Gasteiger partial charge in [0.1, 0.15) is 11.6 Å². The second-order valence-electron chi connectivity index (χ2n) is 5.51. The molecular weight excluding hydrogens is 344 g/mol. The fourth-order valence-corrected chi connectivity index (χ4v) is 2.34. The number of fused-ring (bicyclic) bond motifs is 1. The van der Waals surface area contributed by atoms with Crippen molar-refractivity contribution in [3.05, 3.63) is 41.4 Å². The maximum Gasteiger partial charge on any atom is 0.287 e. The van der Waals surface area contributed by atoms with Crippen LogP contribution in [0.15, 0.2) is 30.6 Å². The van der Waals surface area contributed by atoms with Crippen LogP contribution in [0.3, 0.4) is 0 Å². The second-order valence-corrected chi connectivity index (χ2v) is 5.92. The van der Waals surface area contributed by atoms with Gasteiger partial charge >= 0.3 is 0 Å². The van der Waals surface area contributed by atoms with E-state index in [4.69, 9.17) is 22.1 Å². The van der Waals surface area contributed by atoms with Crippen LogP contribution in [-0.2, 0) is 0 Å². The van der Waals surface area contributed by atoms with Crippen molar-refractivity contribution in [2.75, 3.05) is 12.3 Å². The molecule has 0 aliphatic heterocycles. The van der Waals surface area contributed by atoms with Gasteiger partial charge in [-0.2, -0.15) is 0 Å². The molecule has 0 saturated carbocycles. The molecule has 0 fully saturated rings. The van der Waals surface area contributed by atoms with E-state index in [0.29, 0.717) is 29.4 Å². The number of amides is 1. The summed E-state index contributed by atoms with van der Waals surface area (Å²) in [7, 11) is 0. The lowest BCUT2D eigenvalue weighted by molar-refractivity contribution is 0.0926. The van der Waals surface area contributed by atoms with Gasteiger partial charge < -0.3 is 20.8 Å². The van der Waals surface area contributed by atoms with Gasteiger partial charge in [0.05, 0.1) is 23.3 Å². The van der Waals surface area contributed by atoms with E-state index in [9.17, 15) is 4.79 Å². The SMILES string of the molecule is C[C@@H](CCOc1cnc(N)c(Cl)c1)NC(=O)c1nc2ncccc2[nH]1. The van der Waals surface area contributed by atoms with Gasteiger partial charge in [0, 0.05) is 24.7 Å². The summed E-state index contributed by atoms with van der Waals surface area (Å²) in [6.07, 6.45) is 3.74. The number of imidazole rings is 1. The molecule has 130 valence electrons. The summed E-state index contributed by atoms with van der Waals surface area (Å²) in [4.78, 5) is 27.3. The van der Waals surface area contributed by atoms with E-state index < -0.39 is 0 Å². The highest BCUT2D eigenvalue weighted by atomic mass is 35.5. The second kappa shape index (κ2) is 7.35. The lowest BCUT2D eigenvalue weighted by Crippen LogP contribution is -2.34. The van der Waals surface area contributed by atoms with E-state index in [2.05, 4.69) is 25.3 Å². The first kappa shape index (κ1) is 17.0. The summed E-state index contributed by atoms with van der Waals surface area (Å²) < 4.78 is 5.56. The number of hydrogen-bond donors (Lipinski definition) is 3. The molecule has 3 aromatic rings. The maximum atomic E-state index is 12.2. The van der Waals surface area contributed by atoms with Gasteiger partial charge in [-0.15, -0.1) is 0 Å². The molecule has 0 spiro atoms. The number of ether oxygens (including phenoxy) is 1. The topological polar surface area (TPSA) is 119 Å². The summed E-state index contributed by atoms with van der Waals surface area (Å²) in [5.41, 5.74) is 6.77. The van der Waals surface area contributed by atoms with Crippen molar-refractivity contribution in [2.24, 2.45) is 0 Å². The number of pyridine rings is 2. The molecule has 3 aromatic heterocycles. The van der Waals surface area contributed by atoms with Crippen LogP contribution >= 0.6 is 11.6 Å². The van der Waals surface area contributed by atoms with Crippen molar-refractivity contribution in [3.63, 3.8) is 0 Å². The third-order valence-corrected chi connectivity index (χ3v) is 3.82. The van der Waals surface area contributed by atoms with Crippen LogP contribution in [0, 0.1) is 0 Å². The fraction of sp³-hybridized carbons (Fsp3) is 0.250. The van der Waals surface area contributed by atoms with Crippen molar-refractivity contribution in [2.45, 2.75) is 19.4 Å². The minimum absolute atomic E-state index is 0.106. The third kappa shape index (κ3) is 4.16. The number of nitrogens with two attached hydrogens (primary N) is 1. The Kier molecular flexibility index (Phi) is 4.99. The minimum atomic E-state index is -0.289. The van der Waals surface area contributed by atoms with E-state index in [1.54, 1.807) is 18.3 Å². The molecule has 0 aliphatic rings. The average molecular weight is 361 g/mol. The Morgan fingerprint density at radius 1 is 1.48 bits per heavy atom. The number of hydrogen-bond acceptors (Lipinski definition) is 6. The number of anilines is 1. The van der Waals surface area contributed by atoms with Gasteiger partial charge in [-0.1, -0.05) is 11.6 Å². The molecule has 0 aromatic carbocycles. The summed E-state index contributed by atoms with van der Waals surface area (Å²) >= 11 is 5.89. The van der Waals surface area contributed by atoms with Gasteiger partial charge in [0.25, 0.3) is 5.91 Å². The summed E-state index contributed by atoms with van der Waals surface area (Å²) in [5, 5.41) is 3.21. The molecule has 0 radical (unpaired) electrons. The van der Waals surface area contributed by atoms with Crippen LogP contribution in [0.25, 0.3) is 11.2 Å². The normalized spacial score (nSPS) is 12.1. The Morgan fingerprint density at radius 2 is 2.32 bits per heavy atom. The molecule has 8 nitrogen and oxygen atoms in total. The molecule has 4 N–H and O–H groups in total. The largest absolute Gasteiger partial charge is 0.492 e. The molecule has 0 unspecified atom stereocenters. The molecule has 3 rings (SSSR count). The van der Waals surface area contributed by atoms with E-state index in [0.717, 1.165) is 5.52 Å². The van der Waals surface area contributed by atoms with Crippen LogP contribution < -0.4 is 15.8 Å². The maximum absolute atomic E-state index is 12.2. The number of rotatable bonds is 6.